The number of allylic oxidation sites excluding steroid dienone is 2. The van der Waals surface area contributed by atoms with Gasteiger partial charge >= 0.3 is 0 Å². The average Bonchev–Trinajstić information content (AvgIpc) is 3.48. The fourth-order valence-electron chi connectivity index (χ4n) is 6.42. The minimum Gasteiger partial charge on any atom is -0.492 e. The fourth-order valence-corrected chi connectivity index (χ4v) is 6.42. The molecule has 0 spiro atoms. The zero-order valence-corrected chi connectivity index (χ0v) is 20.0. The number of nitrogens with zero attached hydrogens (tertiary/aromatic N) is 2. The largest absolute Gasteiger partial charge is 0.492 e. The van der Waals surface area contributed by atoms with E-state index in [1.807, 2.05) is 18.3 Å². The quantitative estimate of drug-likeness (QED) is 0.522. The molecule has 1 aromatic heterocycles. The number of benzene rings is 2. The van der Waals surface area contributed by atoms with Gasteiger partial charge in [-0.05, 0) is 85.7 Å². The third-order valence-corrected chi connectivity index (χ3v) is 8.35. The summed E-state index contributed by atoms with van der Waals surface area (Å²) in [5, 5.41) is 8.57. The zero-order chi connectivity index (χ0) is 23.1. The second kappa shape index (κ2) is 8.70. The summed E-state index contributed by atoms with van der Waals surface area (Å²) in [5.74, 6) is 1.14. The Kier molecular flexibility index (Phi) is 5.53. The van der Waals surface area contributed by atoms with Crippen LogP contribution in [0.2, 0.25) is 0 Å². The number of ketones is 1. The number of H-pyrrole nitrogens is 1. The van der Waals surface area contributed by atoms with Crippen molar-refractivity contribution in [1.82, 2.24) is 15.1 Å². The van der Waals surface area contributed by atoms with E-state index in [2.05, 4.69) is 46.3 Å². The molecule has 1 unspecified atom stereocenters. The zero-order valence-electron chi connectivity index (χ0n) is 20.0. The fraction of sp³-hybridized carbons (Fsp3) is 0.448. The smallest absolute Gasteiger partial charge is 0.163 e. The van der Waals surface area contributed by atoms with Crippen molar-refractivity contribution in [2.75, 3.05) is 26.2 Å². The number of fused-ring (bicyclic) bond motifs is 5. The number of carbonyl (C=O) groups is 1. The maximum Gasteiger partial charge on any atom is 0.163 e. The topological polar surface area (TPSA) is 58.2 Å². The van der Waals surface area contributed by atoms with Gasteiger partial charge in [0.15, 0.2) is 5.78 Å². The number of nitrogens with one attached hydrogen (secondary N) is 1. The molecule has 5 heteroatoms. The lowest BCUT2D eigenvalue weighted by Crippen LogP contribution is -2.33. The minimum atomic E-state index is 0.0285. The van der Waals surface area contributed by atoms with Crippen LogP contribution in [0.3, 0.4) is 0 Å². The Morgan fingerprint density at radius 3 is 2.71 bits per heavy atom. The van der Waals surface area contributed by atoms with Gasteiger partial charge in [-0.25, -0.2) is 0 Å². The summed E-state index contributed by atoms with van der Waals surface area (Å²) in [7, 11) is 0. The van der Waals surface area contributed by atoms with Crippen LogP contribution in [0.5, 0.6) is 5.75 Å². The van der Waals surface area contributed by atoms with Gasteiger partial charge in [0.25, 0.3) is 0 Å². The second-order valence-corrected chi connectivity index (χ2v) is 10.2. The minimum absolute atomic E-state index is 0.0285. The molecule has 2 aromatic carbocycles. The first-order valence-corrected chi connectivity index (χ1v) is 12.9. The number of aromatic nitrogens is 2. The highest BCUT2D eigenvalue weighted by Gasteiger charge is 2.46. The number of hydrogen-bond donors (Lipinski definition) is 1. The van der Waals surface area contributed by atoms with E-state index in [0.29, 0.717) is 13.0 Å². The molecule has 0 amide bonds. The number of piperidine rings is 1. The number of aromatic amines is 1. The molecule has 2 heterocycles. The van der Waals surface area contributed by atoms with Gasteiger partial charge in [0, 0.05) is 29.3 Å². The molecule has 1 aliphatic heterocycles. The molecule has 3 aliphatic rings. The van der Waals surface area contributed by atoms with Crippen molar-refractivity contribution in [2.45, 2.75) is 51.9 Å². The van der Waals surface area contributed by atoms with Gasteiger partial charge in [0.05, 0.1) is 11.7 Å². The lowest BCUT2D eigenvalue weighted by Gasteiger charge is -2.35. The van der Waals surface area contributed by atoms with Crippen molar-refractivity contribution in [3.8, 4) is 5.75 Å². The van der Waals surface area contributed by atoms with Gasteiger partial charge in [-0.15, -0.1) is 0 Å². The van der Waals surface area contributed by atoms with Crippen LogP contribution in [0.25, 0.3) is 22.0 Å². The van der Waals surface area contributed by atoms with Crippen LogP contribution in [0.1, 0.15) is 62.1 Å². The molecule has 0 bridgehead atoms. The number of Topliss-reactive ketones (excluding diaryl/α,β-unsaturated/α-hetero) is 1. The van der Waals surface area contributed by atoms with Gasteiger partial charge in [-0.2, -0.15) is 5.10 Å². The van der Waals surface area contributed by atoms with Crippen LogP contribution >= 0.6 is 0 Å². The second-order valence-electron chi connectivity index (χ2n) is 10.2. The Balaban J connectivity index is 1.32. The summed E-state index contributed by atoms with van der Waals surface area (Å²) < 4.78 is 6.05. The molecule has 2 aliphatic carbocycles. The molecule has 1 atom stereocenters. The number of rotatable bonds is 6. The third-order valence-electron chi connectivity index (χ3n) is 8.35. The molecule has 1 saturated heterocycles. The maximum absolute atomic E-state index is 13.3. The molecule has 6 rings (SSSR count). The normalized spacial score (nSPS) is 22.8. The van der Waals surface area contributed by atoms with Crippen LogP contribution in [-0.2, 0) is 11.2 Å². The Hall–Kier alpha value is -2.92. The number of hydrogen-bond acceptors (Lipinski definition) is 4. The molecule has 0 radical (unpaired) electrons. The molecular weight excluding hydrogens is 422 g/mol. The van der Waals surface area contributed by atoms with Gasteiger partial charge < -0.3 is 4.74 Å². The predicted octanol–water partition coefficient (Wildman–Crippen LogP) is 5.65. The van der Waals surface area contributed by atoms with E-state index < -0.39 is 0 Å². The van der Waals surface area contributed by atoms with E-state index in [1.165, 1.54) is 54.4 Å². The van der Waals surface area contributed by atoms with E-state index in [4.69, 9.17) is 4.74 Å². The SMILES string of the molecule is CCC12CCC(=O)C(c3ccc(OCCN4CCCCC4)cc3)=C1c1ccc3[nH]ncc3c1C2. The van der Waals surface area contributed by atoms with Gasteiger partial charge in [0.1, 0.15) is 12.4 Å². The number of ether oxygens (including phenoxy) is 1. The number of carbonyl (C=O) groups excluding carboxylic acids is 1. The van der Waals surface area contributed by atoms with E-state index >= 15 is 0 Å². The molecule has 34 heavy (non-hydrogen) atoms. The first-order valence-electron chi connectivity index (χ1n) is 12.9. The summed E-state index contributed by atoms with van der Waals surface area (Å²) in [4.78, 5) is 15.8. The highest BCUT2D eigenvalue weighted by Crippen LogP contribution is 2.58. The van der Waals surface area contributed by atoms with Crippen LogP contribution in [-0.4, -0.2) is 47.1 Å². The Morgan fingerprint density at radius 1 is 1.09 bits per heavy atom. The molecule has 3 aromatic rings. The van der Waals surface area contributed by atoms with E-state index in [1.54, 1.807) is 0 Å². The van der Waals surface area contributed by atoms with E-state index in [-0.39, 0.29) is 11.2 Å². The summed E-state index contributed by atoms with van der Waals surface area (Å²) in [6.07, 6.45) is 9.45. The number of likely N-dealkylation sites (tertiary alicyclic amines) is 1. The molecular formula is C29H33N3O2. The molecule has 1 fully saturated rings. The Morgan fingerprint density at radius 2 is 1.91 bits per heavy atom. The highest BCUT2D eigenvalue weighted by molar-refractivity contribution is 6.30. The van der Waals surface area contributed by atoms with Crippen molar-refractivity contribution in [3.05, 3.63) is 59.3 Å². The van der Waals surface area contributed by atoms with Crippen molar-refractivity contribution in [3.63, 3.8) is 0 Å². The highest BCUT2D eigenvalue weighted by atomic mass is 16.5. The Labute approximate surface area is 201 Å². The summed E-state index contributed by atoms with van der Waals surface area (Å²) in [5.41, 5.74) is 6.86. The molecule has 176 valence electrons. The van der Waals surface area contributed by atoms with Crippen molar-refractivity contribution in [2.24, 2.45) is 5.41 Å². The van der Waals surface area contributed by atoms with Crippen LogP contribution in [0, 0.1) is 5.41 Å². The lowest BCUT2D eigenvalue weighted by molar-refractivity contribution is -0.114. The van der Waals surface area contributed by atoms with Gasteiger partial charge in [-0.1, -0.05) is 31.5 Å². The first kappa shape index (κ1) is 21.6. The van der Waals surface area contributed by atoms with Gasteiger partial charge in [-0.3, -0.25) is 14.8 Å². The maximum atomic E-state index is 13.3. The van der Waals surface area contributed by atoms with Crippen molar-refractivity contribution >= 4 is 27.8 Å². The van der Waals surface area contributed by atoms with Crippen LogP contribution < -0.4 is 4.74 Å². The standard InChI is InChI=1S/C29H33N3O2/c1-2-29-13-12-26(33)27(28(29)22-10-11-25-24(19-30-31-25)23(22)18-29)20-6-8-21(9-7-20)34-17-16-32-14-4-3-5-15-32/h6-11,19H,2-5,12-18H2,1H3,(H,30,31). The van der Waals surface area contributed by atoms with Crippen molar-refractivity contribution in [1.29, 1.82) is 0 Å². The molecule has 1 N–H and O–H groups in total. The van der Waals surface area contributed by atoms with Crippen LogP contribution in [0.15, 0.2) is 42.6 Å². The monoisotopic (exact) mass is 455 g/mol. The van der Waals surface area contributed by atoms with Gasteiger partial charge in [0.2, 0.25) is 0 Å². The lowest BCUT2D eigenvalue weighted by atomic mass is 9.67. The summed E-state index contributed by atoms with van der Waals surface area (Å²) in [6.45, 7) is 6.33. The van der Waals surface area contributed by atoms with Crippen molar-refractivity contribution < 1.29 is 9.53 Å². The average molecular weight is 456 g/mol. The summed E-state index contributed by atoms with van der Waals surface area (Å²) in [6, 6.07) is 12.5. The summed E-state index contributed by atoms with van der Waals surface area (Å²) >= 11 is 0. The molecule has 0 saturated carbocycles. The predicted molar refractivity (Wildman–Crippen MR) is 136 cm³/mol. The Bertz CT molecular complexity index is 1250. The van der Waals surface area contributed by atoms with E-state index in [9.17, 15) is 4.79 Å². The first-order chi connectivity index (χ1) is 16.7. The third kappa shape index (κ3) is 3.58. The molecule has 5 nitrogen and oxygen atoms in total. The van der Waals surface area contributed by atoms with Crippen LogP contribution in [0.4, 0.5) is 0 Å². The van der Waals surface area contributed by atoms with E-state index in [0.717, 1.165) is 48.2 Å².